The maximum absolute atomic E-state index is 5.49. The van der Waals surface area contributed by atoms with Crippen LogP contribution in [-0.4, -0.2) is 24.9 Å². The zero-order valence-corrected chi connectivity index (χ0v) is 9.27. The molecule has 0 aliphatic rings. The average molecular weight is 184 g/mol. The molecule has 0 rings (SSSR count). The smallest absolute Gasteiger partial charge is 0.137 e. The molecular formula is C10H20N2O. The second-order valence-electron chi connectivity index (χ2n) is 2.90. The maximum Gasteiger partial charge on any atom is 0.137 e. The van der Waals surface area contributed by atoms with Crippen molar-refractivity contribution < 1.29 is 4.74 Å². The van der Waals surface area contributed by atoms with E-state index in [-0.39, 0.29) is 5.72 Å². The molecular weight excluding hydrogens is 164 g/mol. The van der Waals surface area contributed by atoms with Crippen LogP contribution in [0.2, 0.25) is 0 Å². The van der Waals surface area contributed by atoms with Gasteiger partial charge in [0.1, 0.15) is 5.72 Å². The van der Waals surface area contributed by atoms with Crippen LogP contribution >= 0.6 is 0 Å². The predicted octanol–water partition coefficient (Wildman–Crippen LogP) is 1.57. The molecule has 3 heteroatoms. The average Bonchev–Trinajstić information content (AvgIpc) is 2.18. The third-order valence-corrected chi connectivity index (χ3v) is 2.44. The van der Waals surface area contributed by atoms with Gasteiger partial charge >= 0.3 is 0 Å². The lowest BCUT2D eigenvalue weighted by atomic mass is 10.1. The number of nitrogens with zero attached hydrogens (tertiary/aromatic N) is 1. The highest BCUT2D eigenvalue weighted by molar-refractivity contribution is 4.92. The molecule has 0 bridgehead atoms. The first-order chi connectivity index (χ1) is 6.16. The quantitative estimate of drug-likeness (QED) is 0.304. The Morgan fingerprint density at radius 2 is 1.92 bits per heavy atom. The first-order valence-electron chi connectivity index (χ1n) is 4.63. The van der Waals surface area contributed by atoms with Crippen molar-refractivity contribution in [2.75, 3.05) is 14.2 Å². The van der Waals surface area contributed by atoms with E-state index in [1.165, 1.54) is 0 Å². The number of hydrogen-bond donors (Lipinski definition) is 1. The molecule has 0 saturated carbocycles. The highest BCUT2D eigenvalue weighted by Gasteiger charge is 2.30. The van der Waals surface area contributed by atoms with Crippen LogP contribution in [0, 0.1) is 12.0 Å². The van der Waals surface area contributed by atoms with E-state index < -0.39 is 0 Å². The number of hydrogen-bond acceptors (Lipinski definition) is 3. The fourth-order valence-corrected chi connectivity index (χ4v) is 1.39. The standard InChI is InChI=1S/C10H20N2O/c1-6-9-11-12(4)10(7-2,8-3)13-5/h11H,7-8H2,1-5H3. The zero-order chi connectivity index (χ0) is 10.3. The van der Waals surface area contributed by atoms with Crippen molar-refractivity contribution in [1.82, 2.24) is 10.4 Å². The Bertz CT molecular complexity index is 181. The van der Waals surface area contributed by atoms with Gasteiger partial charge in [-0.1, -0.05) is 19.8 Å². The predicted molar refractivity (Wildman–Crippen MR) is 54.7 cm³/mol. The molecule has 0 aliphatic heterocycles. The van der Waals surface area contributed by atoms with Crippen molar-refractivity contribution in [3.05, 3.63) is 0 Å². The van der Waals surface area contributed by atoms with E-state index in [1.54, 1.807) is 14.0 Å². The maximum atomic E-state index is 5.49. The minimum absolute atomic E-state index is 0.246. The lowest BCUT2D eigenvalue weighted by Gasteiger charge is -2.38. The van der Waals surface area contributed by atoms with Crippen LogP contribution in [0.3, 0.4) is 0 Å². The van der Waals surface area contributed by atoms with Gasteiger partial charge in [-0.15, -0.1) is 0 Å². The summed E-state index contributed by atoms with van der Waals surface area (Å²) in [5.74, 6) is 2.78. The molecule has 0 unspecified atom stereocenters. The van der Waals surface area contributed by atoms with Gasteiger partial charge in [-0.2, -0.15) is 5.01 Å². The van der Waals surface area contributed by atoms with E-state index >= 15 is 0 Å². The van der Waals surface area contributed by atoms with Gasteiger partial charge in [-0.25, -0.2) is 0 Å². The molecule has 0 amide bonds. The van der Waals surface area contributed by atoms with Crippen molar-refractivity contribution in [3.63, 3.8) is 0 Å². The van der Waals surface area contributed by atoms with Crippen molar-refractivity contribution in [2.45, 2.75) is 39.3 Å². The van der Waals surface area contributed by atoms with Gasteiger partial charge in [0, 0.05) is 20.2 Å². The van der Waals surface area contributed by atoms with Crippen LogP contribution < -0.4 is 5.43 Å². The molecule has 0 aromatic carbocycles. The Morgan fingerprint density at radius 1 is 1.38 bits per heavy atom. The van der Waals surface area contributed by atoms with Crippen LogP contribution in [0.1, 0.15) is 33.6 Å². The first kappa shape index (κ1) is 12.3. The molecule has 1 N–H and O–H groups in total. The SMILES string of the molecule is CC#CNN(C)C(CC)(CC)OC. The summed E-state index contributed by atoms with van der Waals surface area (Å²) in [5, 5.41) is 1.92. The van der Waals surface area contributed by atoms with Gasteiger partial charge in [-0.3, -0.25) is 5.43 Å². The summed E-state index contributed by atoms with van der Waals surface area (Å²) in [6.07, 6.45) is 1.85. The van der Waals surface area contributed by atoms with E-state index in [4.69, 9.17) is 4.74 Å². The Labute approximate surface area is 81.4 Å². The van der Waals surface area contributed by atoms with E-state index in [1.807, 2.05) is 12.1 Å². The fraction of sp³-hybridized carbons (Fsp3) is 0.800. The molecule has 0 radical (unpaired) electrons. The second kappa shape index (κ2) is 5.85. The van der Waals surface area contributed by atoms with Crippen LogP contribution in [-0.2, 0) is 4.74 Å². The van der Waals surface area contributed by atoms with Crippen LogP contribution in [0.4, 0.5) is 0 Å². The molecule has 0 saturated heterocycles. The van der Waals surface area contributed by atoms with E-state index in [0.29, 0.717) is 0 Å². The second-order valence-corrected chi connectivity index (χ2v) is 2.90. The Morgan fingerprint density at radius 3 is 2.23 bits per heavy atom. The summed E-state index contributed by atoms with van der Waals surface area (Å²) in [6, 6.07) is 2.80. The minimum atomic E-state index is -0.246. The molecule has 0 fully saturated rings. The number of ether oxygens (including phenoxy) is 1. The zero-order valence-electron chi connectivity index (χ0n) is 9.27. The Kier molecular flexibility index (Phi) is 5.52. The number of hydrazine groups is 1. The van der Waals surface area contributed by atoms with Crippen molar-refractivity contribution in [1.29, 1.82) is 0 Å². The molecule has 3 nitrogen and oxygen atoms in total. The summed E-state index contributed by atoms with van der Waals surface area (Å²) >= 11 is 0. The largest absolute Gasteiger partial charge is 0.362 e. The Hall–Kier alpha value is -0.720. The molecule has 0 spiro atoms. The molecule has 0 aromatic heterocycles. The van der Waals surface area contributed by atoms with Crippen molar-refractivity contribution >= 4 is 0 Å². The van der Waals surface area contributed by atoms with Gasteiger partial charge < -0.3 is 4.74 Å². The summed E-state index contributed by atoms with van der Waals surface area (Å²) < 4.78 is 5.49. The third kappa shape index (κ3) is 2.91. The first-order valence-corrected chi connectivity index (χ1v) is 4.63. The number of nitrogens with one attached hydrogen (secondary N) is 1. The van der Waals surface area contributed by atoms with Gasteiger partial charge in [0.25, 0.3) is 0 Å². The van der Waals surface area contributed by atoms with E-state index in [9.17, 15) is 0 Å². The van der Waals surface area contributed by atoms with E-state index in [2.05, 4.69) is 31.2 Å². The van der Waals surface area contributed by atoms with Crippen LogP contribution in [0.15, 0.2) is 0 Å². The monoisotopic (exact) mass is 184 g/mol. The van der Waals surface area contributed by atoms with Gasteiger partial charge in [-0.05, 0) is 19.8 Å². The fourth-order valence-electron chi connectivity index (χ4n) is 1.39. The normalized spacial score (nSPS) is 10.9. The van der Waals surface area contributed by atoms with Crippen LogP contribution in [0.5, 0.6) is 0 Å². The molecule has 0 aliphatic carbocycles. The van der Waals surface area contributed by atoms with Gasteiger partial charge in [0.15, 0.2) is 0 Å². The summed E-state index contributed by atoms with van der Waals surface area (Å²) in [7, 11) is 3.67. The Balaban J connectivity index is 4.39. The molecule has 76 valence electrons. The van der Waals surface area contributed by atoms with Crippen molar-refractivity contribution in [2.24, 2.45) is 0 Å². The number of methoxy groups -OCH3 is 1. The van der Waals surface area contributed by atoms with Crippen LogP contribution in [0.25, 0.3) is 0 Å². The van der Waals surface area contributed by atoms with Gasteiger partial charge in [0.2, 0.25) is 0 Å². The lowest BCUT2D eigenvalue weighted by Crippen LogP contribution is -2.52. The summed E-state index contributed by atoms with van der Waals surface area (Å²) in [4.78, 5) is 0. The highest BCUT2D eigenvalue weighted by atomic mass is 16.5. The molecule has 0 aromatic rings. The van der Waals surface area contributed by atoms with E-state index in [0.717, 1.165) is 12.8 Å². The molecule has 0 atom stereocenters. The van der Waals surface area contributed by atoms with Crippen molar-refractivity contribution in [3.8, 4) is 12.0 Å². The highest BCUT2D eigenvalue weighted by Crippen LogP contribution is 2.21. The third-order valence-electron chi connectivity index (χ3n) is 2.44. The minimum Gasteiger partial charge on any atom is -0.362 e. The molecule has 0 heterocycles. The van der Waals surface area contributed by atoms with Gasteiger partial charge in [0.05, 0.1) is 0 Å². The lowest BCUT2D eigenvalue weighted by molar-refractivity contribution is -0.144. The summed E-state index contributed by atoms with van der Waals surface area (Å²) in [6.45, 7) is 6.00. The summed E-state index contributed by atoms with van der Waals surface area (Å²) in [5.41, 5.74) is 2.73. The topological polar surface area (TPSA) is 24.5 Å². The molecule has 13 heavy (non-hydrogen) atoms. The number of rotatable bonds is 5.